The van der Waals surface area contributed by atoms with Crippen LogP contribution in [0, 0.1) is 28.1 Å². The van der Waals surface area contributed by atoms with Crippen LogP contribution in [0.4, 0.5) is 11.5 Å². The molecule has 1 spiro atoms. The first-order valence-electron chi connectivity index (χ1n) is 11.1. The van der Waals surface area contributed by atoms with E-state index in [0.29, 0.717) is 10.8 Å². The fourth-order valence-corrected chi connectivity index (χ4v) is 5.37. The summed E-state index contributed by atoms with van der Waals surface area (Å²) in [6.07, 6.45) is 6.30. The Hall–Kier alpha value is -2.36. The summed E-state index contributed by atoms with van der Waals surface area (Å²) < 4.78 is 5.45. The van der Waals surface area contributed by atoms with E-state index in [2.05, 4.69) is 27.3 Å². The first-order chi connectivity index (χ1) is 14.9. The average Bonchev–Trinajstić information content (AvgIpc) is 3.47. The van der Waals surface area contributed by atoms with Gasteiger partial charge in [-0.1, -0.05) is 11.6 Å². The number of benzene rings is 1. The molecule has 2 aliphatic heterocycles. The van der Waals surface area contributed by atoms with Gasteiger partial charge in [-0.2, -0.15) is 5.26 Å². The lowest BCUT2D eigenvalue weighted by Crippen LogP contribution is -2.38. The summed E-state index contributed by atoms with van der Waals surface area (Å²) in [5.74, 6) is 0.711. The van der Waals surface area contributed by atoms with Crippen molar-refractivity contribution in [3.63, 3.8) is 0 Å². The zero-order valence-electron chi connectivity index (χ0n) is 17.8. The molecule has 1 amide bonds. The van der Waals surface area contributed by atoms with Crippen LogP contribution in [0.2, 0.25) is 5.02 Å². The third-order valence-electron chi connectivity index (χ3n) is 7.51. The number of rotatable bonds is 3. The Morgan fingerprint density at radius 2 is 1.97 bits per heavy atom. The lowest BCUT2D eigenvalue weighted by molar-refractivity contribution is -0.118. The van der Waals surface area contributed by atoms with Crippen molar-refractivity contribution in [2.75, 3.05) is 36.5 Å². The molecule has 1 aromatic carbocycles. The van der Waals surface area contributed by atoms with Gasteiger partial charge in [0.05, 0.1) is 22.2 Å². The van der Waals surface area contributed by atoms with Gasteiger partial charge in [-0.05, 0) is 68.0 Å². The Bertz CT molecular complexity index is 1070. The predicted molar refractivity (Wildman–Crippen MR) is 121 cm³/mol. The number of halogens is 1. The van der Waals surface area contributed by atoms with E-state index in [9.17, 15) is 10.1 Å². The molecule has 0 bridgehead atoms. The molecule has 2 saturated heterocycles. The molecule has 0 radical (unpaired) electrons. The normalized spacial score (nSPS) is 24.0. The van der Waals surface area contributed by atoms with Crippen LogP contribution < -0.4 is 10.2 Å². The van der Waals surface area contributed by atoms with E-state index in [1.165, 1.54) is 0 Å². The summed E-state index contributed by atoms with van der Waals surface area (Å²) in [5.41, 5.74) is 0.860. The minimum absolute atomic E-state index is 0.0646. The molecule has 6 nitrogen and oxygen atoms in total. The number of nitrogens with zero attached hydrogens (tertiary/aromatic N) is 3. The summed E-state index contributed by atoms with van der Waals surface area (Å²) in [6.45, 7) is 5.14. The highest BCUT2D eigenvalue weighted by Crippen LogP contribution is 2.59. The van der Waals surface area contributed by atoms with Crippen molar-refractivity contribution < 1.29 is 9.53 Å². The summed E-state index contributed by atoms with van der Waals surface area (Å²) in [5, 5.41) is 15.0. The van der Waals surface area contributed by atoms with Crippen molar-refractivity contribution in [3.05, 3.63) is 29.4 Å². The second-order valence-corrected chi connectivity index (χ2v) is 10.0. The average molecular weight is 439 g/mol. The standard InChI is InChI=1S/C24H27ClN4O2/c1-23(15-26)2-6-29(7-3-23)20-11-16-12-21(27-14-17(16)10-19(20)25)28-22(30)18-13-24(18)4-8-31-9-5-24/h10-12,14,18H,2-9,13H2,1H3,(H,27,28,30). The van der Waals surface area contributed by atoms with E-state index >= 15 is 0 Å². The Morgan fingerprint density at radius 3 is 2.68 bits per heavy atom. The van der Waals surface area contributed by atoms with Crippen molar-refractivity contribution in [1.29, 1.82) is 5.26 Å². The number of nitriles is 1. The van der Waals surface area contributed by atoms with Crippen LogP contribution in [0.25, 0.3) is 10.8 Å². The quantitative estimate of drug-likeness (QED) is 0.746. The Morgan fingerprint density at radius 1 is 1.23 bits per heavy atom. The maximum Gasteiger partial charge on any atom is 0.229 e. The topological polar surface area (TPSA) is 78.2 Å². The van der Waals surface area contributed by atoms with Gasteiger partial charge in [0.15, 0.2) is 0 Å². The third kappa shape index (κ3) is 3.86. The second-order valence-electron chi connectivity index (χ2n) is 9.60. The van der Waals surface area contributed by atoms with E-state index in [4.69, 9.17) is 16.3 Å². The van der Waals surface area contributed by atoms with Crippen molar-refractivity contribution in [1.82, 2.24) is 4.98 Å². The van der Waals surface area contributed by atoms with E-state index in [1.807, 2.05) is 19.1 Å². The molecule has 1 aromatic heterocycles. The lowest BCUT2D eigenvalue weighted by Gasteiger charge is -2.36. The van der Waals surface area contributed by atoms with Gasteiger partial charge in [0.2, 0.25) is 5.91 Å². The number of fused-ring (bicyclic) bond motifs is 1. The van der Waals surface area contributed by atoms with Crippen LogP contribution in [0.1, 0.15) is 39.0 Å². The number of piperidine rings is 1. The number of aromatic nitrogens is 1. The molecule has 1 N–H and O–H groups in total. The van der Waals surface area contributed by atoms with Crippen LogP contribution >= 0.6 is 11.6 Å². The van der Waals surface area contributed by atoms with Crippen LogP contribution in [0.5, 0.6) is 0 Å². The van der Waals surface area contributed by atoms with E-state index in [0.717, 1.165) is 74.9 Å². The number of nitrogens with one attached hydrogen (secondary N) is 1. The van der Waals surface area contributed by atoms with Crippen molar-refractivity contribution in [2.24, 2.45) is 16.7 Å². The van der Waals surface area contributed by atoms with Crippen molar-refractivity contribution >= 4 is 39.8 Å². The van der Waals surface area contributed by atoms with Gasteiger partial charge in [-0.15, -0.1) is 0 Å². The predicted octanol–water partition coefficient (Wildman–Crippen LogP) is 4.77. The van der Waals surface area contributed by atoms with Crippen LogP contribution in [0.3, 0.4) is 0 Å². The fraction of sp³-hybridized carbons (Fsp3) is 0.542. The van der Waals surface area contributed by atoms with Gasteiger partial charge in [0.1, 0.15) is 5.82 Å². The van der Waals surface area contributed by atoms with Gasteiger partial charge >= 0.3 is 0 Å². The number of pyridine rings is 1. The molecule has 1 saturated carbocycles. The SMILES string of the molecule is CC1(C#N)CCN(c2cc3cc(NC(=O)C4CC45CCOCC5)ncc3cc2Cl)CC1. The highest BCUT2D eigenvalue weighted by atomic mass is 35.5. The van der Waals surface area contributed by atoms with Crippen molar-refractivity contribution in [2.45, 2.75) is 39.0 Å². The molecule has 2 aromatic rings. The van der Waals surface area contributed by atoms with Gasteiger partial charge in [-0.25, -0.2) is 4.98 Å². The monoisotopic (exact) mass is 438 g/mol. The van der Waals surface area contributed by atoms with Crippen molar-refractivity contribution in [3.8, 4) is 6.07 Å². The Kier molecular flexibility index (Phi) is 5.07. The number of anilines is 2. The highest BCUT2D eigenvalue weighted by Gasteiger charge is 2.58. The summed E-state index contributed by atoms with van der Waals surface area (Å²) in [6, 6.07) is 8.37. The molecule has 162 valence electrons. The number of hydrogen-bond donors (Lipinski definition) is 1. The smallest absolute Gasteiger partial charge is 0.229 e. The van der Waals surface area contributed by atoms with Gasteiger partial charge in [0.25, 0.3) is 0 Å². The molecule has 7 heteroatoms. The highest BCUT2D eigenvalue weighted by molar-refractivity contribution is 6.34. The maximum absolute atomic E-state index is 12.8. The zero-order valence-corrected chi connectivity index (χ0v) is 18.5. The summed E-state index contributed by atoms with van der Waals surface area (Å²) in [4.78, 5) is 19.5. The third-order valence-corrected chi connectivity index (χ3v) is 7.81. The molecule has 3 fully saturated rings. The second kappa shape index (κ2) is 7.65. The molecule has 31 heavy (non-hydrogen) atoms. The number of ether oxygens (including phenoxy) is 1. The first kappa shape index (κ1) is 20.5. The number of carbonyl (C=O) groups is 1. The fourth-order valence-electron chi connectivity index (χ4n) is 5.08. The van der Waals surface area contributed by atoms with Crippen LogP contribution in [-0.2, 0) is 9.53 Å². The molecule has 1 aliphatic carbocycles. The minimum Gasteiger partial charge on any atom is -0.381 e. The minimum atomic E-state index is -0.258. The van der Waals surface area contributed by atoms with Gasteiger partial charge < -0.3 is 15.0 Å². The summed E-state index contributed by atoms with van der Waals surface area (Å²) >= 11 is 6.58. The summed E-state index contributed by atoms with van der Waals surface area (Å²) in [7, 11) is 0. The maximum atomic E-state index is 12.8. The van der Waals surface area contributed by atoms with Gasteiger partial charge in [0, 0.05) is 43.8 Å². The molecule has 5 rings (SSSR count). The number of carbonyl (C=O) groups excluding carboxylic acids is 1. The number of hydrogen-bond acceptors (Lipinski definition) is 5. The molecule has 1 atom stereocenters. The molecular formula is C24H27ClN4O2. The van der Waals surface area contributed by atoms with E-state index in [-0.39, 0.29) is 22.7 Å². The lowest BCUT2D eigenvalue weighted by atomic mass is 9.82. The number of amides is 1. The first-order valence-corrected chi connectivity index (χ1v) is 11.4. The molecule has 1 unspecified atom stereocenters. The Balaban J connectivity index is 1.33. The van der Waals surface area contributed by atoms with Gasteiger partial charge in [-0.3, -0.25) is 4.79 Å². The zero-order chi connectivity index (χ0) is 21.6. The molecular weight excluding hydrogens is 412 g/mol. The van der Waals surface area contributed by atoms with E-state index < -0.39 is 0 Å². The molecule has 3 heterocycles. The molecule has 3 aliphatic rings. The van der Waals surface area contributed by atoms with Crippen LogP contribution in [0.15, 0.2) is 24.4 Å². The Labute approximate surface area is 187 Å². The van der Waals surface area contributed by atoms with E-state index in [1.54, 1.807) is 6.20 Å². The largest absolute Gasteiger partial charge is 0.381 e. The van der Waals surface area contributed by atoms with Crippen LogP contribution in [-0.4, -0.2) is 37.2 Å².